The molecule has 5 heteroatoms. The van der Waals surface area contributed by atoms with Gasteiger partial charge in [0.25, 0.3) is 5.91 Å². The van der Waals surface area contributed by atoms with E-state index in [0.29, 0.717) is 18.7 Å². The van der Waals surface area contributed by atoms with Crippen LogP contribution in [0.3, 0.4) is 0 Å². The molecule has 0 spiro atoms. The van der Waals surface area contributed by atoms with Crippen LogP contribution in [0.5, 0.6) is 11.5 Å². The van der Waals surface area contributed by atoms with Crippen molar-refractivity contribution in [3.05, 3.63) is 24.3 Å². The molecule has 1 atom stereocenters. The van der Waals surface area contributed by atoms with Gasteiger partial charge in [0.15, 0.2) is 6.10 Å². The van der Waals surface area contributed by atoms with Gasteiger partial charge in [-0.15, -0.1) is 0 Å². The van der Waals surface area contributed by atoms with Crippen molar-refractivity contribution in [3.8, 4) is 11.5 Å². The molecule has 1 aliphatic rings. The van der Waals surface area contributed by atoms with E-state index in [1.54, 1.807) is 13.2 Å². The summed E-state index contributed by atoms with van der Waals surface area (Å²) < 4.78 is 11.0. The molecule has 1 unspecified atom stereocenters. The van der Waals surface area contributed by atoms with Gasteiger partial charge in [-0.3, -0.25) is 4.79 Å². The van der Waals surface area contributed by atoms with Gasteiger partial charge < -0.3 is 19.7 Å². The molecular weight excluding hydrogens is 304 g/mol. The molecule has 1 aromatic rings. The van der Waals surface area contributed by atoms with Crippen LogP contribution in [0.15, 0.2) is 24.3 Å². The quantitative estimate of drug-likeness (QED) is 0.706. The van der Waals surface area contributed by atoms with Crippen LogP contribution < -0.4 is 14.8 Å². The summed E-state index contributed by atoms with van der Waals surface area (Å²) >= 11 is 0. The molecule has 1 saturated heterocycles. The van der Waals surface area contributed by atoms with E-state index < -0.39 is 6.10 Å². The topological polar surface area (TPSA) is 50.8 Å². The van der Waals surface area contributed by atoms with E-state index in [2.05, 4.69) is 10.2 Å². The molecule has 1 heterocycles. The fraction of sp³-hybridized carbons (Fsp3) is 0.632. The first-order chi connectivity index (χ1) is 11.7. The minimum Gasteiger partial charge on any atom is -0.497 e. The maximum absolute atomic E-state index is 12.3. The van der Waals surface area contributed by atoms with E-state index in [9.17, 15) is 4.79 Å². The smallest absolute Gasteiger partial charge is 0.261 e. The first kappa shape index (κ1) is 18.6. The van der Waals surface area contributed by atoms with Crippen LogP contribution in [-0.4, -0.2) is 50.2 Å². The fourth-order valence-electron chi connectivity index (χ4n) is 2.97. The Balaban J connectivity index is 1.72. The average molecular weight is 334 g/mol. The lowest BCUT2D eigenvalue weighted by Crippen LogP contribution is -2.39. The Kier molecular flexibility index (Phi) is 7.89. The number of carbonyl (C=O) groups is 1. The number of hydrogen-bond donors (Lipinski definition) is 1. The standard InChI is InChI=1S/C19H30N2O3/c1-3-18(24-17-10-7-9-16(15-17)23-2)19(22)20-11-8-14-21-12-5-4-6-13-21/h7,9-10,15,18H,3-6,8,11-14H2,1-2H3,(H,20,22). The number of rotatable bonds is 9. The van der Waals surface area contributed by atoms with Crippen molar-refractivity contribution in [2.75, 3.05) is 33.3 Å². The van der Waals surface area contributed by atoms with Crippen molar-refractivity contribution in [2.45, 2.75) is 45.1 Å². The van der Waals surface area contributed by atoms with Crippen LogP contribution in [0.25, 0.3) is 0 Å². The Bertz CT molecular complexity index is 501. The van der Waals surface area contributed by atoms with Crippen molar-refractivity contribution < 1.29 is 14.3 Å². The van der Waals surface area contributed by atoms with Crippen molar-refractivity contribution >= 4 is 5.91 Å². The molecule has 0 bridgehead atoms. The highest BCUT2D eigenvalue weighted by atomic mass is 16.5. The number of amides is 1. The fourth-order valence-corrected chi connectivity index (χ4v) is 2.97. The average Bonchev–Trinajstić information content (AvgIpc) is 2.64. The number of ether oxygens (including phenoxy) is 2. The molecule has 0 aliphatic carbocycles. The lowest BCUT2D eigenvalue weighted by molar-refractivity contribution is -0.128. The van der Waals surface area contributed by atoms with Gasteiger partial charge in [0.05, 0.1) is 7.11 Å². The molecule has 1 N–H and O–H groups in total. The Morgan fingerprint density at radius 1 is 1.25 bits per heavy atom. The predicted molar refractivity (Wildman–Crippen MR) is 95.6 cm³/mol. The monoisotopic (exact) mass is 334 g/mol. The van der Waals surface area contributed by atoms with E-state index in [-0.39, 0.29) is 5.91 Å². The molecule has 1 amide bonds. The molecule has 1 aliphatic heterocycles. The molecule has 24 heavy (non-hydrogen) atoms. The number of methoxy groups -OCH3 is 1. The third-order valence-electron chi connectivity index (χ3n) is 4.38. The van der Waals surface area contributed by atoms with E-state index in [4.69, 9.17) is 9.47 Å². The summed E-state index contributed by atoms with van der Waals surface area (Å²) in [5, 5.41) is 3.00. The second-order valence-electron chi connectivity index (χ2n) is 6.24. The second kappa shape index (κ2) is 10.2. The molecule has 134 valence electrons. The van der Waals surface area contributed by atoms with Crippen molar-refractivity contribution in [1.29, 1.82) is 0 Å². The number of hydrogen-bond acceptors (Lipinski definition) is 4. The van der Waals surface area contributed by atoms with Crippen LogP contribution in [0.4, 0.5) is 0 Å². The van der Waals surface area contributed by atoms with Gasteiger partial charge in [0.1, 0.15) is 11.5 Å². The van der Waals surface area contributed by atoms with Gasteiger partial charge in [-0.2, -0.15) is 0 Å². The molecule has 1 aromatic carbocycles. The molecule has 0 radical (unpaired) electrons. The maximum atomic E-state index is 12.3. The van der Waals surface area contributed by atoms with Crippen LogP contribution >= 0.6 is 0 Å². The summed E-state index contributed by atoms with van der Waals surface area (Å²) in [5.41, 5.74) is 0. The van der Waals surface area contributed by atoms with Crippen molar-refractivity contribution in [3.63, 3.8) is 0 Å². The highest BCUT2D eigenvalue weighted by molar-refractivity contribution is 5.81. The predicted octanol–water partition coefficient (Wildman–Crippen LogP) is 2.84. The molecule has 0 aromatic heterocycles. The summed E-state index contributed by atoms with van der Waals surface area (Å²) in [4.78, 5) is 14.8. The Hall–Kier alpha value is -1.75. The summed E-state index contributed by atoms with van der Waals surface area (Å²) in [7, 11) is 1.62. The van der Waals surface area contributed by atoms with Gasteiger partial charge in [-0.1, -0.05) is 19.4 Å². The van der Waals surface area contributed by atoms with Gasteiger partial charge in [-0.25, -0.2) is 0 Å². The zero-order valence-electron chi connectivity index (χ0n) is 14.9. The molecule has 0 saturated carbocycles. The number of carbonyl (C=O) groups excluding carboxylic acids is 1. The van der Waals surface area contributed by atoms with Gasteiger partial charge in [0, 0.05) is 12.6 Å². The maximum Gasteiger partial charge on any atom is 0.261 e. The first-order valence-electron chi connectivity index (χ1n) is 9.03. The lowest BCUT2D eigenvalue weighted by Gasteiger charge is -2.26. The largest absolute Gasteiger partial charge is 0.497 e. The van der Waals surface area contributed by atoms with E-state index >= 15 is 0 Å². The van der Waals surface area contributed by atoms with Crippen LogP contribution in [0.1, 0.15) is 39.0 Å². The van der Waals surface area contributed by atoms with Gasteiger partial charge in [0.2, 0.25) is 0 Å². The Morgan fingerprint density at radius 3 is 2.71 bits per heavy atom. The third-order valence-corrected chi connectivity index (χ3v) is 4.38. The third kappa shape index (κ3) is 6.04. The van der Waals surface area contributed by atoms with Crippen LogP contribution in [0, 0.1) is 0 Å². The van der Waals surface area contributed by atoms with Crippen LogP contribution in [-0.2, 0) is 4.79 Å². The molecular formula is C19H30N2O3. The van der Waals surface area contributed by atoms with Crippen molar-refractivity contribution in [2.24, 2.45) is 0 Å². The van der Waals surface area contributed by atoms with Crippen molar-refractivity contribution in [1.82, 2.24) is 10.2 Å². The zero-order chi connectivity index (χ0) is 17.2. The number of nitrogens with one attached hydrogen (secondary N) is 1. The number of likely N-dealkylation sites (tertiary alicyclic amines) is 1. The number of nitrogens with zero attached hydrogens (tertiary/aromatic N) is 1. The Morgan fingerprint density at radius 2 is 2.00 bits per heavy atom. The first-order valence-corrected chi connectivity index (χ1v) is 9.03. The molecule has 2 rings (SSSR count). The van der Waals surface area contributed by atoms with Gasteiger partial charge >= 0.3 is 0 Å². The van der Waals surface area contributed by atoms with E-state index in [0.717, 1.165) is 18.7 Å². The highest BCUT2D eigenvalue weighted by Crippen LogP contribution is 2.20. The summed E-state index contributed by atoms with van der Waals surface area (Å²) in [6.45, 7) is 6.12. The lowest BCUT2D eigenvalue weighted by atomic mass is 10.1. The second-order valence-corrected chi connectivity index (χ2v) is 6.24. The number of benzene rings is 1. The summed E-state index contributed by atoms with van der Waals surface area (Å²) in [5.74, 6) is 1.34. The minimum atomic E-state index is -0.466. The number of piperidine rings is 1. The van der Waals surface area contributed by atoms with Gasteiger partial charge in [-0.05, 0) is 57.5 Å². The molecule has 5 nitrogen and oxygen atoms in total. The highest BCUT2D eigenvalue weighted by Gasteiger charge is 2.18. The van der Waals surface area contributed by atoms with E-state index in [1.807, 2.05) is 25.1 Å². The summed E-state index contributed by atoms with van der Waals surface area (Å²) in [6, 6.07) is 7.35. The van der Waals surface area contributed by atoms with Crippen LogP contribution in [0.2, 0.25) is 0 Å². The Labute approximate surface area is 145 Å². The van der Waals surface area contributed by atoms with E-state index in [1.165, 1.54) is 32.4 Å². The molecule has 1 fully saturated rings. The minimum absolute atomic E-state index is 0.0426. The zero-order valence-corrected chi connectivity index (χ0v) is 14.9. The normalized spacial score (nSPS) is 16.4. The SMILES string of the molecule is CCC(Oc1cccc(OC)c1)C(=O)NCCCN1CCCCC1. The summed E-state index contributed by atoms with van der Waals surface area (Å²) in [6.07, 6.45) is 5.12.